The lowest BCUT2D eigenvalue weighted by atomic mass is 10.0. The molecule has 0 saturated carbocycles. The van der Waals surface area contributed by atoms with Crippen LogP contribution in [0.25, 0.3) is 0 Å². The predicted octanol–water partition coefficient (Wildman–Crippen LogP) is 2.14. The molecule has 90 valence electrons. The van der Waals surface area contributed by atoms with Crippen LogP contribution in [0.5, 0.6) is 0 Å². The highest BCUT2D eigenvalue weighted by Crippen LogP contribution is 2.15. The first-order valence-electron chi connectivity index (χ1n) is 5.40. The lowest BCUT2D eigenvalue weighted by Gasteiger charge is -2.35. The summed E-state index contributed by atoms with van der Waals surface area (Å²) in [5, 5.41) is 9.06. The van der Waals surface area contributed by atoms with Crippen LogP contribution >= 0.6 is 0 Å². The minimum atomic E-state index is -0.901. The summed E-state index contributed by atoms with van der Waals surface area (Å²) in [5.41, 5.74) is 5.52. The molecule has 0 heterocycles. The van der Waals surface area contributed by atoms with Crippen molar-refractivity contribution in [3.8, 4) is 0 Å². The van der Waals surface area contributed by atoms with Crippen LogP contribution in [0.3, 0.4) is 0 Å². The normalized spacial score (nSPS) is 14.1. The molecule has 0 radical (unpaired) electrons. The fourth-order valence-corrected chi connectivity index (χ4v) is 1.55. The summed E-state index contributed by atoms with van der Waals surface area (Å²) in [6, 6.07) is -0.0830. The lowest BCUT2D eigenvalue weighted by molar-refractivity contribution is 0.0943. The van der Waals surface area contributed by atoms with Crippen molar-refractivity contribution < 1.29 is 9.90 Å². The number of nitrogens with zero attached hydrogens (tertiary/aromatic N) is 1. The number of amides is 1. The Morgan fingerprint density at radius 2 is 1.87 bits per heavy atom. The minimum Gasteiger partial charge on any atom is -0.465 e. The Morgan fingerprint density at radius 1 is 1.40 bits per heavy atom. The van der Waals surface area contributed by atoms with Crippen LogP contribution in [0.2, 0.25) is 0 Å². The molecule has 4 heteroatoms. The van der Waals surface area contributed by atoms with Gasteiger partial charge in [-0.05, 0) is 33.1 Å². The third-order valence-corrected chi connectivity index (χ3v) is 2.23. The molecule has 0 spiro atoms. The van der Waals surface area contributed by atoms with Crippen LogP contribution in [0, 0.1) is 5.92 Å². The van der Waals surface area contributed by atoms with Crippen LogP contribution in [0.4, 0.5) is 4.79 Å². The zero-order valence-electron chi connectivity index (χ0n) is 10.4. The Kier molecular flexibility index (Phi) is 5.08. The van der Waals surface area contributed by atoms with Crippen LogP contribution < -0.4 is 5.73 Å². The predicted molar refractivity (Wildman–Crippen MR) is 61.9 cm³/mol. The second-order valence-electron chi connectivity index (χ2n) is 5.45. The zero-order chi connectivity index (χ0) is 12.2. The maximum absolute atomic E-state index is 11.0. The van der Waals surface area contributed by atoms with Crippen molar-refractivity contribution in [2.24, 2.45) is 11.7 Å². The summed E-state index contributed by atoms with van der Waals surface area (Å²) < 4.78 is 0. The molecule has 0 fully saturated rings. The molecular formula is C11H24N2O2. The van der Waals surface area contributed by atoms with Gasteiger partial charge in [0.1, 0.15) is 0 Å². The van der Waals surface area contributed by atoms with Crippen molar-refractivity contribution in [1.29, 1.82) is 0 Å². The summed E-state index contributed by atoms with van der Waals surface area (Å²) in [6.45, 7) is 10.2. The van der Waals surface area contributed by atoms with Crippen molar-refractivity contribution in [1.82, 2.24) is 4.90 Å². The van der Waals surface area contributed by atoms with E-state index in [2.05, 4.69) is 13.8 Å². The third kappa shape index (κ3) is 5.62. The molecular weight excluding hydrogens is 192 g/mol. The fraction of sp³-hybridized carbons (Fsp3) is 0.909. The highest BCUT2D eigenvalue weighted by Gasteiger charge is 2.27. The van der Waals surface area contributed by atoms with Gasteiger partial charge in [0.15, 0.2) is 0 Å². The van der Waals surface area contributed by atoms with Gasteiger partial charge in [0.2, 0.25) is 0 Å². The molecule has 0 aliphatic heterocycles. The number of hydrogen-bond donors (Lipinski definition) is 2. The molecule has 0 saturated heterocycles. The SMILES string of the molecule is CC(C)CC(N)CN(C(=O)O)C(C)(C)C. The number of nitrogens with two attached hydrogens (primary N) is 1. The zero-order valence-corrected chi connectivity index (χ0v) is 10.4. The molecule has 1 atom stereocenters. The largest absolute Gasteiger partial charge is 0.465 e. The molecule has 1 unspecified atom stereocenters. The summed E-state index contributed by atoms with van der Waals surface area (Å²) >= 11 is 0. The molecule has 4 nitrogen and oxygen atoms in total. The highest BCUT2D eigenvalue weighted by molar-refractivity contribution is 5.66. The van der Waals surface area contributed by atoms with Gasteiger partial charge in [0.05, 0.1) is 0 Å². The minimum absolute atomic E-state index is 0.0830. The van der Waals surface area contributed by atoms with E-state index in [1.807, 2.05) is 20.8 Å². The molecule has 15 heavy (non-hydrogen) atoms. The molecule has 0 aliphatic carbocycles. The van der Waals surface area contributed by atoms with Crippen LogP contribution in [0.15, 0.2) is 0 Å². The Balaban J connectivity index is 4.37. The van der Waals surface area contributed by atoms with Gasteiger partial charge < -0.3 is 15.7 Å². The van der Waals surface area contributed by atoms with Gasteiger partial charge in [-0.25, -0.2) is 4.79 Å². The van der Waals surface area contributed by atoms with E-state index in [4.69, 9.17) is 10.8 Å². The van der Waals surface area contributed by atoms with Crippen LogP contribution in [-0.2, 0) is 0 Å². The quantitative estimate of drug-likeness (QED) is 0.756. The molecule has 0 aromatic heterocycles. The summed E-state index contributed by atoms with van der Waals surface area (Å²) in [5.74, 6) is 0.496. The second-order valence-corrected chi connectivity index (χ2v) is 5.45. The average molecular weight is 216 g/mol. The Labute approximate surface area is 92.4 Å². The second kappa shape index (κ2) is 5.35. The third-order valence-electron chi connectivity index (χ3n) is 2.23. The number of hydrogen-bond acceptors (Lipinski definition) is 2. The average Bonchev–Trinajstić information content (AvgIpc) is 1.95. The first-order valence-corrected chi connectivity index (χ1v) is 5.40. The van der Waals surface area contributed by atoms with E-state index in [9.17, 15) is 4.79 Å². The van der Waals surface area contributed by atoms with Crippen LogP contribution in [0.1, 0.15) is 41.0 Å². The van der Waals surface area contributed by atoms with Gasteiger partial charge in [-0.1, -0.05) is 13.8 Å². The maximum atomic E-state index is 11.0. The Morgan fingerprint density at radius 3 is 2.13 bits per heavy atom. The summed E-state index contributed by atoms with van der Waals surface area (Å²) in [6.07, 6.45) is -0.0541. The van der Waals surface area contributed by atoms with E-state index in [0.717, 1.165) is 6.42 Å². The highest BCUT2D eigenvalue weighted by atomic mass is 16.4. The topological polar surface area (TPSA) is 66.6 Å². The van der Waals surface area contributed by atoms with Crippen molar-refractivity contribution >= 4 is 6.09 Å². The summed E-state index contributed by atoms with van der Waals surface area (Å²) in [4.78, 5) is 12.4. The van der Waals surface area contributed by atoms with E-state index < -0.39 is 6.09 Å². The Bertz CT molecular complexity index is 209. The van der Waals surface area contributed by atoms with Crippen molar-refractivity contribution in [3.05, 3.63) is 0 Å². The van der Waals surface area contributed by atoms with Gasteiger partial charge >= 0.3 is 6.09 Å². The number of rotatable bonds is 4. The van der Waals surface area contributed by atoms with E-state index in [-0.39, 0.29) is 11.6 Å². The molecule has 1 amide bonds. The van der Waals surface area contributed by atoms with E-state index in [0.29, 0.717) is 12.5 Å². The van der Waals surface area contributed by atoms with Gasteiger partial charge in [0, 0.05) is 18.1 Å². The molecule has 0 rings (SSSR count). The van der Waals surface area contributed by atoms with Gasteiger partial charge in [-0.3, -0.25) is 0 Å². The molecule has 0 aromatic rings. The molecule has 0 aromatic carbocycles. The van der Waals surface area contributed by atoms with Gasteiger partial charge in [-0.2, -0.15) is 0 Å². The van der Waals surface area contributed by atoms with Crippen molar-refractivity contribution in [2.45, 2.75) is 52.6 Å². The lowest BCUT2D eigenvalue weighted by Crippen LogP contribution is -2.50. The summed E-state index contributed by atoms with van der Waals surface area (Å²) in [7, 11) is 0. The monoisotopic (exact) mass is 216 g/mol. The van der Waals surface area contributed by atoms with Gasteiger partial charge in [-0.15, -0.1) is 0 Å². The molecule has 0 aliphatic rings. The molecule has 0 bridgehead atoms. The van der Waals surface area contributed by atoms with E-state index in [1.54, 1.807) is 0 Å². The fourth-order valence-electron chi connectivity index (χ4n) is 1.55. The first kappa shape index (κ1) is 14.2. The number of carbonyl (C=O) groups is 1. The van der Waals surface area contributed by atoms with Gasteiger partial charge in [0.25, 0.3) is 0 Å². The maximum Gasteiger partial charge on any atom is 0.407 e. The van der Waals surface area contributed by atoms with Crippen molar-refractivity contribution in [3.63, 3.8) is 0 Å². The number of carboxylic acid groups (broad SMARTS) is 1. The first-order chi connectivity index (χ1) is 6.64. The standard InChI is InChI=1S/C11H24N2O2/c1-8(2)6-9(12)7-13(10(14)15)11(3,4)5/h8-9H,6-7,12H2,1-5H3,(H,14,15). The van der Waals surface area contributed by atoms with Crippen molar-refractivity contribution in [2.75, 3.05) is 6.54 Å². The molecule has 3 N–H and O–H groups in total. The Hall–Kier alpha value is -0.770. The van der Waals surface area contributed by atoms with E-state index in [1.165, 1.54) is 4.90 Å². The smallest absolute Gasteiger partial charge is 0.407 e. The van der Waals surface area contributed by atoms with Crippen LogP contribution in [-0.4, -0.2) is 34.2 Å². The van der Waals surface area contributed by atoms with E-state index >= 15 is 0 Å².